The Morgan fingerprint density at radius 2 is 2.25 bits per heavy atom. The molecule has 2 rings (SSSR count). The number of carbonyl (C=O) groups excluding carboxylic acids is 1. The van der Waals surface area contributed by atoms with Crippen LogP contribution < -0.4 is 0 Å². The van der Waals surface area contributed by atoms with Crippen molar-refractivity contribution >= 4 is 11.9 Å². The van der Waals surface area contributed by atoms with Crippen LogP contribution in [0.25, 0.3) is 0 Å². The van der Waals surface area contributed by atoms with Gasteiger partial charge in [0.1, 0.15) is 11.9 Å². The van der Waals surface area contributed by atoms with Crippen molar-refractivity contribution in [3.63, 3.8) is 0 Å². The summed E-state index contributed by atoms with van der Waals surface area (Å²) in [7, 11) is 0. The van der Waals surface area contributed by atoms with Gasteiger partial charge in [-0.1, -0.05) is 0 Å². The number of carboxylic acid groups (broad SMARTS) is 1. The van der Waals surface area contributed by atoms with Gasteiger partial charge in [0.2, 0.25) is 0 Å². The van der Waals surface area contributed by atoms with Crippen LogP contribution in [0.1, 0.15) is 34.9 Å². The molecule has 0 aliphatic carbocycles. The minimum absolute atomic E-state index is 0.117. The fourth-order valence-electron chi connectivity index (χ4n) is 1.71. The van der Waals surface area contributed by atoms with E-state index in [0.29, 0.717) is 11.1 Å². The van der Waals surface area contributed by atoms with Gasteiger partial charge >= 0.3 is 11.9 Å². The molecule has 5 heteroatoms. The zero-order chi connectivity index (χ0) is 11.7. The Morgan fingerprint density at radius 1 is 1.50 bits per heavy atom. The average molecular weight is 224 g/mol. The molecule has 0 bridgehead atoms. The van der Waals surface area contributed by atoms with Gasteiger partial charge in [0, 0.05) is 12.0 Å². The van der Waals surface area contributed by atoms with E-state index in [9.17, 15) is 14.0 Å². The maximum Gasteiger partial charge on any atom is 0.339 e. The first-order chi connectivity index (χ1) is 7.58. The van der Waals surface area contributed by atoms with Gasteiger partial charge in [-0.05, 0) is 24.6 Å². The average Bonchev–Trinajstić information content (AvgIpc) is 2.52. The van der Waals surface area contributed by atoms with E-state index in [4.69, 9.17) is 9.84 Å². The van der Waals surface area contributed by atoms with Gasteiger partial charge in [-0.3, -0.25) is 4.79 Å². The molecule has 1 aliphatic rings. The number of carbonyl (C=O) groups is 2. The Hall–Kier alpha value is -1.91. The first kappa shape index (κ1) is 10.6. The summed E-state index contributed by atoms with van der Waals surface area (Å²) < 4.78 is 17.9. The number of aliphatic carboxylic acids is 1. The van der Waals surface area contributed by atoms with E-state index in [1.807, 2.05) is 0 Å². The van der Waals surface area contributed by atoms with Crippen LogP contribution in [0.15, 0.2) is 18.2 Å². The van der Waals surface area contributed by atoms with E-state index in [2.05, 4.69) is 0 Å². The summed E-state index contributed by atoms with van der Waals surface area (Å²) in [6, 6.07) is 3.75. The van der Waals surface area contributed by atoms with Crippen molar-refractivity contribution in [3.05, 3.63) is 35.1 Å². The third-order valence-electron chi connectivity index (χ3n) is 2.45. The van der Waals surface area contributed by atoms with E-state index in [0.717, 1.165) is 0 Å². The summed E-state index contributed by atoms with van der Waals surface area (Å²) in [5, 5.41) is 8.53. The molecule has 0 aromatic heterocycles. The molecule has 4 nitrogen and oxygen atoms in total. The van der Waals surface area contributed by atoms with E-state index in [1.54, 1.807) is 0 Å². The zero-order valence-corrected chi connectivity index (χ0v) is 8.27. The van der Waals surface area contributed by atoms with Crippen LogP contribution in [0.3, 0.4) is 0 Å². The molecule has 0 amide bonds. The monoisotopic (exact) mass is 224 g/mol. The number of hydrogen-bond acceptors (Lipinski definition) is 3. The van der Waals surface area contributed by atoms with Crippen molar-refractivity contribution < 1.29 is 23.8 Å². The molecule has 84 valence electrons. The van der Waals surface area contributed by atoms with Crippen LogP contribution in [0.4, 0.5) is 4.39 Å². The van der Waals surface area contributed by atoms with E-state index < -0.39 is 23.9 Å². The molecule has 1 atom stereocenters. The van der Waals surface area contributed by atoms with Crippen molar-refractivity contribution in [1.82, 2.24) is 0 Å². The maximum absolute atomic E-state index is 13.0. The molecule has 1 aromatic rings. The number of fused-ring (bicyclic) bond motifs is 1. The molecular formula is C11H9FO4. The summed E-state index contributed by atoms with van der Waals surface area (Å²) >= 11 is 0. The lowest BCUT2D eigenvalue weighted by Crippen LogP contribution is -2.03. The third-order valence-corrected chi connectivity index (χ3v) is 2.45. The number of halogens is 1. The standard InChI is InChI=1S/C11H9FO4/c12-6-1-2-7-8(5-6)9(16-11(7)15)3-4-10(13)14/h1-2,5,9H,3-4H2,(H,13,14). The molecule has 0 spiro atoms. The lowest BCUT2D eigenvalue weighted by molar-refractivity contribution is -0.137. The first-order valence-electron chi connectivity index (χ1n) is 4.80. The fraction of sp³-hybridized carbons (Fsp3) is 0.273. The van der Waals surface area contributed by atoms with Gasteiger partial charge in [-0.2, -0.15) is 0 Å². The van der Waals surface area contributed by atoms with Crippen molar-refractivity contribution in [3.8, 4) is 0 Å². The second kappa shape index (κ2) is 3.92. The number of carboxylic acids is 1. The molecule has 1 aromatic carbocycles. The third kappa shape index (κ3) is 1.88. The van der Waals surface area contributed by atoms with Crippen molar-refractivity contribution in [2.45, 2.75) is 18.9 Å². The fourth-order valence-corrected chi connectivity index (χ4v) is 1.71. The van der Waals surface area contributed by atoms with Gasteiger partial charge in [0.25, 0.3) is 0 Å². The summed E-state index contributed by atoms with van der Waals surface area (Å²) in [4.78, 5) is 21.7. The molecule has 16 heavy (non-hydrogen) atoms. The van der Waals surface area contributed by atoms with Crippen molar-refractivity contribution in [2.75, 3.05) is 0 Å². The molecule has 0 saturated heterocycles. The highest BCUT2D eigenvalue weighted by atomic mass is 19.1. The lowest BCUT2D eigenvalue weighted by Gasteiger charge is -2.08. The number of esters is 1. The van der Waals surface area contributed by atoms with Crippen LogP contribution in [-0.2, 0) is 9.53 Å². The topological polar surface area (TPSA) is 63.6 Å². The minimum atomic E-state index is -0.971. The predicted octanol–water partition coefficient (Wildman–Crippen LogP) is 1.90. The first-order valence-corrected chi connectivity index (χ1v) is 4.80. The normalized spacial score (nSPS) is 18.1. The molecular weight excluding hydrogens is 215 g/mol. The molecule has 0 saturated carbocycles. The number of cyclic esters (lactones) is 1. The van der Waals surface area contributed by atoms with Crippen molar-refractivity contribution in [2.24, 2.45) is 0 Å². The maximum atomic E-state index is 13.0. The van der Waals surface area contributed by atoms with Crippen molar-refractivity contribution in [1.29, 1.82) is 0 Å². The second-order valence-electron chi connectivity index (χ2n) is 3.56. The number of rotatable bonds is 3. The summed E-state index contributed by atoms with van der Waals surface area (Å²) in [5.41, 5.74) is 0.753. The molecule has 1 unspecified atom stereocenters. The number of hydrogen-bond donors (Lipinski definition) is 1. The summed E-state index contributed by atoms with van der Waals surface area (Å²) in [6.45, 7) is 0. The number of ether oxygens (including phenoxy) is 1. The van der Waals surface area contributed by atoms with E-state index in [-0.39, 0.29) is 12.8 Å². The second-order valence-corrected chi connectivity index (χ2v) is 3.56. The highest BCUT2D eigenvalue weighted by molar-refractivity contribution is 5.94. The summed E-state index contributed by atoms with van der Waals surface area (Å²) in [5.74, 6) is -1.95. The molecule has 0 fully saturated rings. The Balaban J connectivity index is 2.24. The van der Waals surface area contributed by atoms with Gasteiger partial charge in [-0.25, -0.2) is 9.18 Å². The predicted molar refractivity (Wildman–Crippen MR) is 51.4 cm³/mol. The molecule has 0 radical (unpaired) electrons. The Kier molecular flexibility index (Phi) is 2.60. The van der Waals surface area contributed by atoms with Gasteiger partial charge in [0.05, 0.1) is 5.56 Å². The molecule has 1 aliphatic heterocycles. The van der Waals surface area contributed by atoms with Crippen LogP contribution in [0, 0.1) is 5.82 Å². The van der Waals surface area contributed by atoms with E-state index in [1.165, 1.54) is 18.2 Å². The zero-order valence-electron chi connectivity index (χ0n) is 8.27. The quantitative estimate of drug-likeness (QED) is 0.796. The molecule has 1 heterocycles. The summed E-state index contributed by atoms with van der Waals surface area (Å²) in [6.07, 6.45) is -0.597. The Labute approximate surface area is 90.6 Å². The van der Waals surface area contributed by atoms with Crippen LogP contribution in [0.5, 0.6) is 0 Å². The number of benzene rings is 1. The largest absolute Gasteiger partial charge is 0.481 e. The van der Waals surface area contributed by atoms with Crippen LogP contribution >= 0.6 is 0 Å². The van der Waals surface area contributed by atoms with Crippen LogP contribution in [0.2, 0.25) is 0 Å². The lowest BCUT2D eigenvalue weighted by atomic mass is 10.0. The highest BCUT2D eigenvalue weighted by Gasteiger charge is 2.31. The van der Waals surface area contributed by atoms with Gasteiger partial charge < -0.3 is 9.84 Å². The Bertz CT molecular complexity index is 455. The SMILES string of the molecule is O=C(O)CCC1OC(=O)c2ccc(F)cc21. The minimum Gasteiger partial charge on any atom is -0.481 e. The smallest absolute Gasteiger partial charge is 0.339 e. The highest BCUT2D eigenvalue weighted by Crippen LogP contribution is 2.34. The van der Waals surface area contributed by atoms with Gasteiger partial charge in [-0.15, -0.1) is 0 Å². The Morgan fingerprint density at radius 3 is 2.94 bits per heavy atom. The van der Waals surface area contributed by atoms with Crippen LogP contribution in [-0.4, -0.2) is 17.0 Å². The molecule has 1 N–H and O–H groups in total. The van der Waals surface area contributed by atoms with E-state index >= 15 is 0 Å². The van der Waals surface area contributed by atoms with Gasteiger partial charge in [0.15, 0.2) is 0 Å².